The third-order valence-electron chi connectivity index (χ3n) is 18.4. The van der Waals surface area contributed by atoms with Crippen LogP contribution >= 0.6 is 10.6 Å². The van der Waals surface area contributed by atoms with Crippen LogP contribution in [-0.2, 0) is 14.6 Å². The van der Waals surface area contributed by atoms with Crippen LogP contribution in [0.2, 0.25) is 0 Å². The minimum atomic E-state index is -3.27. The molecule has 8 nitrogen and oxygen atoms in total. The largest absolute Gasteiger partial charge is 0.481 e. The van der Waals surface area contributed by atoms with Gasteiger partial charge in [-0.25, -0.2) is 12.8 Å². The van der Waals surface area contributed by atoms with Gasteiger partial charge in [-0.3, -0.25) is 18.8 Å². The Morgan fingerprint density at radius 2 is 1.64 bits per heavy atom. The Morgan fingerprint density at radius 1 is 0.929 bits per heavy atom. The van der Waals surface area contributed by atoms with Crippen LogP contribution in [0.5, 0.6) is 0 Å². The fourth-order valence-electron chi connectivity index (χ4n) is 14.9. The number of allylic oxidation sites excluding steroid dienone is 5. The fraction of sp³-hybridized carbons (Fsp3) is 0.844. The van der Waals surface area contributed by atoms with E-state index in [0.29, 0.717) is 80.1 Å². The summed E-state index contributed by atoms with van der Waals surface area (Å²) in [6, 6.07) is 0. The van der Waals surface area contributed by atoms with Gasteiger partial charge in [0.25, 0.3) is 0 Å². The molecule has 0 aromatic rings. The molecule has 0 spiro atoms. The Balaban J connectivity index is 1.08. The SMILES string of the molecule is C=C(C)[C@@H]1CC[C@]2(NCCS(=O)(=O)CCN3CCS(O)(O)CC3)CC[C@]3(C)[C@H](CC[C@@H]4[C@@]5(C)CC=C(C6=CCC(CF)(C(=O)O)CC6)C(C)(C)[C@@H]5CC[C@]43C)[C@@H]12. The van der Waals surface area contributed by atoms with Gasteiger partial charge < -0.3 is 10.4 Å². The molecule has 318 valence electrons. The molecule has 5 fully saturated rings. The molecular formula is C45H73FN2O6S2. The van der Waals surface area contributed by atoms with Crippen molar-refractivity contribution >= 4 is 26.4 Å². The van der Waals surface area contributed by atoms with Crippen LogP contribution in [0.4, 0.5) is 4.39 Å². The van der Waals surface area contributed by atoms with Gasteiger partial charge in [0.2, 0.25) is 0 Å². The maximum Gasteiger partial charge on any atom is 0.312 e. The molecule has 4 N–H and O–H groups in total. The molecule has 11 heteroatoms. The van der Waals surface area contributed by atoms with Gasteiger partial charge in [0, 0.05) is 31.7 Å². The summed E-state index contributed by atoms with van der Waals surface area (Å²) in [5.41, 5.74) is 2.95. The normalized spacial score (nSPS) is 43.9. The van der Waals surface area contributed by atoms with Crippen molar-refractivity contribution in [1.29, 1.82) is 0 Å². The smallest absolute Gasteiger partial charge is 0.312 e. The number of halogens is 1. The van der Waals surface area contributed by atoms with E-state index in [1.165, 1.54) is 42.4 Å². The van der Waals surface area contributed by atoms with Crippen LogP contribution in [0.25, 0.3) is 0 Å². The number of aliphatic carboxylic acids is 1. The second kappa shape index (κ2) is 14.7. The van der Waals surface area contributed by atoms with E-state index in [9.17, 15) is 31.8 Å². The maximum absolute atomic E-state index is 14.0. The molecule has 56 heavy (non-hydrogen) atoms. The molecule has 7 aliphatic rings. The van der Waals surface area contributed by atoms with Crippen molar-refractivity contribution in [2.24, 2.45) is 56.7 Å². The van der Waals surface area contributed by atoms with Gasteiger partial charge >= 0.3 is 5.97 Å². The van der Waals surface area contributed by atoms with E-state index < -0.39 is 38.5 Å². The van der Waals surface area contributed by atoms with Crippen molar-refractivity contribution < 1.29 is 31.8 Å². The average molecular weight is 821 g/mol. The Bertz CT molecular complexity index is 1740. The Hall–Kier alpha value is -1.24. The average Bonchev–Trinajstić information content (AvgIpc) is 3.51. The van der Waals surface area contributed by atoms with Crippen LogP contribution in [0, 0.1) is 56.7 Å². The van der Waals surface area contributed by atoms with E-state index in [-0.39, 0.29) is 45.1 Å². The molecule has 1 unspecified atom stereocenters. The Morgan fingerprint density at radius 3 is 2.27 bits per heavy atom. The number of alkyl halides is 1. The maximum atomic E-state index is 14.0. The fourth-order valence-corrected chi connectivity index (χ4v) is 17.4. The summed E-state index contributed by atoms with van der Waals surface area (Å²) >= 11 is 0. The van der Waals surface area contributed by atoms with Crippen LogP contribution in [-0.4, -0.2) is 94.9 Å². The summed E-state index contributed by atoms with van der Waals surface area (Å²) in [7, 11) is -5.77. The number of fused-ring (bicyclic) bond motifs is 7. The van der Waals surface area contributed by atoms with Crippen molar-refractivity contribution in [3.8, 4) is 0 Å². The number of sulfone groups is 1. The highest BCUT2D eigenvalue weighted by Crippen LogP contribution is 2.76. The number of hydrogen-bond acceptors (Lipinski definition) is 7. The van der Waals surface area contributed by atoms with Crippen molar-refractivity contribution in [3.63, 3.8) is 0 Å². The third-order valence-corrected chi connectivity index (χ3v) is 21.7. The summed E-state index contributed by atoms with van der Waals surface area (Å²) in [5.74, 6) is 2.38. The summed E-state index contributed by atoms with van der Waals surface area (Å²) in [6.07, 6.45) is 16.0. The zero-order valence-corrected chi connectivity index (χ0v) is 36.9. The Labute approximate surface area is 339 Å². The molecule has 7 rings (SSSR count). The second-order valence-electron chi connectivity index (χ2n) is 21.2. The predicted octanol–water partition coefficient (Wildman–Crippen LogP) is 9.15. The Kier molecular flexibility index (Phi) is 11.3. The quantitative estimate of drug-likeness (QED) is 0.152. The molecule has 10 atom stereocenters. The highest BCUT2D eigenvalue weighted by atomic mass is 32.3. The van der Waals surface area contributed by atoms with Gasteiger partial charge in [0.05, 0.1) is 28.4 Å². The highest BCUT2D eigenvalue weighted by molar-refractivity contribution is 8.24. The molecule has 0 amide bonds. The second-order valence-corrected chi connectivity index (χ2v) is 25.9. The first kappa shape index (κ1) is 42.9. The van der Waals surface area contributed by atoms with Gasteiger partial charge in [0.15, 0.2) is 9.84 Å². The summed E-state index contributed by atoms with van der Waals surface area (Å²) < 4.78 is 60.6. The van der Waals surface area contributed by atoms with E-state index in [4.69, 9.17) is 0 Å². The highest BCUT2D eigenvalue weighted by Gasteiger charge is 2.70. The first-order valence-electron chi connectivity index (χ1n) is 21.9. The van der Waals surface area contributed by atoms with E-state index >= 15 is 0 Å². The van der Waals surface area contributed by atoms with Gasteiger partial charge in [-0.1, -0.05) is 58.9 Å². The molecule has 6 aliphatic carbocycles. The van der Waals surface area contributed by atoms with Crippen LogP contribution in [0.15, 0.2) is 35.5 Å². The first-order chi connectivity index (χ1) is 26.1. The number of carboxylic acid groups (broad SMARTS) is 1. The van der Waals surface area contributed by atoms with Gasteiger partial charge in [-0.15, -0.1) is 0 Å². The van der Waals surface area contributed by atoms with Crippen LogP contribution in [0.3, 0.4) is 0 Å². The molecule has 4 saturated carbocycles. The zero-order chi connectivity index (χ0) is 40.7. The number of nitrogens with one attached hydrogen (secondary N) is 1. The van der Waals surface area contributed by atoms with E-state index in [1.807, 2.05) is 0 Å². The van der Waals surface area contributed by atoms with Crippen LogP contribution in [0.1, 0.15) is 119 Å². The van der Waals surface area contributed by atoms with Gasteiger partial charge in [0.1, 0.15) is 6.67 Å². The van der Waals surface area contributed by atoms with Crippen molar-refractivity contribution in [2.75, 3.05) is 55.9 Å². The first-order valence-corrected chi connectivity index (χ1v) is 25.6. The summed E-state index contributed by atoms with van der Waals surface area (Å²) in [6.45, 7) is 20.7. The van der Waals surface area contributed by atoms with E-state index in [0.717, 1.165) is 32.1 Å². The molecule has 1 saturated heterocycles. The minimum Gasteiger partial charge on any atom is -0.481 e. The summed E-state index contributed by atoms with van der Waals surface area (Å²) in [5, 5.41) is 13.8. The lowest BCUT2D eigenvalue weighted by Crippen LogP contribution is -2.68. The third kappa shape index (κ3) is 6.94. The van der Waals surface area contributed by atoms with Gasteiger partial charge in [-0.2, -0.15) is 10.6 Å². The van der Waals surface area contributed by atoms with E-state index in [2.05, 4.69) is 70.5 Å². The van der Waals surface area contributed by atoms with E-state index in [1.54, 1.807) is 0 Å². The van der Waals surface area contributed by atoms with Crippen molar-refractivity contribution in [2.45, 2.75) is 124 Å². The number of nitrogens with zero attached hydrogens (tertiary/aromatic N) is 1. The number of hydrogen-bond donors (Lipinski definition) is 4. The zero-order valence-electron chi connectivity index (χ0n) is 35.3. The molecule has 0 aromatic carbocycles. The molecular weight excluding hydrogens is 748 g/mol. The number of carbonyl (C=O) groups is 1. The minimum absolute atomic E-state index is 0.0567. The lowest BCUT2D eigenvalue weighted by molar-refractivity contribution is -0.221. The number of rotatable bonds is 11. The monoisotopic (exact) mass is 820 g/mol. The molecule has 0 aromatic heterocycles. The lowest BCUT2D eigenvalue weighted by Gasteiger charge is -2.72. The number of carboxylic acids is 1. The predicted molar refractivity (Wildman–Crippen MR) is 226 cm³/mol. The standard InChI is InChI=1S/C45H73FN2O6S2/c1-31(2)33-12-19-45(47-22-26-55(51,52)27-23-48-24-28-56(53,54)29-25-48)21-20-42(6)35(38(33)45)8-9-37-41(5)15-13-34(40(3,4)36(41)14-16-43(37,42)7)32-10-17-44(30-46,18-11-32)39(49)50/h10,13,33,35-38,47,53-54H,1,8-9,11-12,14-30H2,2-7H3,(H,49,50)/t33-,35+,36-,37+,38+,41-,42+,43+,44?,45-/m0/s1. The lowest BCUT2D eigenvalue weighted by atomic mass is 9.33. The van der Waals surface area contributed by atoms with Gasteiger partial charge in [-0.05, 0) is 146 Å². The summed E-state index contributed by atoms with van der Waals surface area (Å²) in [4.78, 5) is 14.1. The van der Waals surface area contributed by atoms with Crippen LogP contribution < -0.4 is 5.32 Å². The van der Waals surface area contributed by atoms with Crippen molar-refractivity contribution in [1.82, 2.24) is 10.2 Å². The molecule has 1 heterocycles. The molecule has 1 aliphatic heterocycles. The topological polar surface area (TPSA) is 127 Å². The molecule has 0 bridgehead atoms. The van der Waals surface area contributed by atoms with Crippen molar-refractivity contribution in [3.05, 3.63) is 35.5 Å². The molecule has 0 radical (unpaired) electrons.